The quantitative estimate of drug-likeness (QED) is 0.871. The van der Waals surface area contributed by atoms with Crippen molar-refractivity contribution in [3.05, 3.63) is 64.1 Å². The molecule has 2 atom stereocenters. The van der Waals surface area contributed by atoms with Crippen LogP contribution in [-0.2, 0) is 0 Å². The van der Waals surface area contributed by atoms with Crippen LogP contribution < -0.4 is 10.1 Å². The minimum Gasteiger partial charge on any atom is -0.493 e. The zero-order valence-corrected chi connectivity index (χ0v) is 13.8. The molecule has 1 heterocycles. The molecule has 2 aromatic rings. The highest BCUT2D eigenvalue weighted by Gasteiger charge is 2.26. The van der Waals surface area contributed by atoms with Gasteiger partial charge in [0, 0.05) is 22.5 Å². The van der Waals surface area contributed by atoms with E-state index in [2.05, 4.69) is 63.7 Å². The maximum absolute atomic E-state index is 5.82. The van der Waals surface area contributed by atoms with E-state index in [0.717, 1.165) is 29.8 Å². The Morgan fingerprint density at radius 2 is 1.95 bits per heavy atom. The summed E-state index contributed by atoms with van der Waals surface area (Å²) in [7, 11) is 2.02. The van der Waals surface area contributed by atoms with Crippen LogP contribution in [0, 0.1) is 0 Å². The molecule has 0 bridgehead atoms. The van der Waals surface area contributed by atoms with Crippen LogP contribution in [0.5, 0.6) is 5.75 Å². The minimum atomic E-state index is 0.489. The number of rotatable bonds is 5. The van der Waals surface area contributed by atoms with E-state index in [-0.39, 0.29) is 0 Å². The molecule has 0 radical (unpaired) electrons. The topological polar surface area (TPSA) is 21.3 Å². The van der Waals surface area contributed by atoms with Crippen LogP contribution in [-0.4, -0.2) is 20.2 Å². The van der Waals surface area contributed by atoms with Gasteiger partial charge in [-0.2, -0.15) is 0 Å². The summed E-state index contributed by atoms with van der Waals surface area (Å²) in [5.41, 5.74) is 2.74. The lowest BCUT2D eigenvalue weighted by Crippen LogP contribution is -2.20. The van der Waals surface area contributed by atoms with Gasteiger partial charge in [0.25, 0.3) is 0 Å². The van der Waals surface area contributed by atoms with Gasteiger partial charge >= 0.3 is 0 Å². The summed E-state index contributed by atoms with van der Waals surface area (Å²) in [6.45, 7) is 1.79. The molecular weight excluding hydrogens is 326 g/mol. The Morgan fingerprint density at radius 1 is 1.19 bits per heavy atom. The Kier molecular flexibility index (Phi) is 4.61. The van der Waals surface area contributed by atoms with E-state index in [1.54, 1.807) is 0 Å². The van der Waals surface area contributed by atoms with E-state index in [4.69, 9.17) is 4.74 Å². The third kappa shape index (κ3) is 3.30. The molecule has 0 aromatic heterocycles. The SMILES string of the molecule is CNCC(CC1COc2ccccc21)c1ccc(Br)cc1. The van der Waals surface area contributed by atoms with Crippen molar-refractivity contribution < 1.29 is 4.74 Å². The summed E-state index contributed by atoms with van der Waals surface area (Å²) < 4.78 is 6.95. The van der Waals surface area contributed by atoms with Crippen molar-refractivity contribution in [2.24, 2.45) is 0 Å². The highest BCUT2D eigenvalue weighted by Crippen LogP contribution is 2.39. The van der Waals surface area contributed by atoms with Crippen molar-refractivity contribution >= 4 is 15.9 Å². The Bertz CT molecular complexity index is 596. The summed E-state index contributed by atoms with van der Waals surface area (Å²) in [6, 6.07) is 17.1. The molecule has 21 heavy (non-hydrogen) atoms. The molecule has 110 valence electrons. The first kappa shape index (κ1) is 14.6. The molecule has 0 saturated heterocycles. The standard InChI is InChI=1S/C18H20BrNO/c1-20-11-14(13-6-8-16(19)9-7-13)10-15-12-21-18-5-3-2-4-17(15)18/h2-9,14-15,20H,10-12H2,1H3. The molecule has 2 nitrogen and oxygen atoms in total. The fourth-order valence-electron chi connectivity index (χ4n) is 3.09. The largest absolute Gasteiger partial charge is 0.493 e. The van der Waals surface area contributed by atoms with Crippen molar-refractivity contribution in [3.63, 3.8) is 0 Å². The van der Waals surface area contributed by atoms with Gasteiger partial charge in [0.2, 0.25) is 0 Å². The maximum atomic E-state index is 5.82. The third-order valence-electron chi connectivity index (χ3n) is 4.16. The Balaban J connectivity index is 1.79. The van der Waals surface area contributed by atoms with Gasteiger partial charge in [0.1, 0.15) is 5.75 Å². The molecule has 0 amide bonds. The second-order valence-electron chi connectivity index (χ2n) is 5.59. The number of halogens is 1. The highest BCUT2D eigenvalue weighted by molar-refractivity contribution is 9.10. The molecule has 0 fully saturated rings. The van der Waals surface area contributed by atoms with Gasteiger partial charge in [-0.25, -0.2) is 0 Å². The molecule has 1 N–H and O–H groups in total. The summed E-state index contributed by atoms with van der Waals surface area (Å²) in [5, 5.41) is 3.33. The van der Waals surface area contributed by atoms with Gasteiger partial charge < -0.3 is 10.1 Å². The number of hydrogen-bond acceptors (Lipinski definition) is 2. The number of fused-ring (bicyclic) bond motifs is 1. The van der Waals surface area contributed by atoms with Gasteiger partial charge in [-0.3, -0.25) is 0 Å². The van der Waals surface area contributed by atoms with E-state index >= 15 is 0 Å². The Morgan fingerprint density at radius 3 is 2.71 bits per heavy atom. The molecule has 0 saturated carbocycles. The van der Waals surface area contributed by atoms with Gasteiger partial charge in [0.15, 0.2) is 0 Å². The molecule has 1 aliphatic heterocycles. The molecule has 0 spiro atoms. The smallest absolute Gasteiger partial charge is 0.122 e. The minimum absolute atomic E-state index is 0.489. The van der Waals surface area contributed by atoms with Crippen LogP contribution in [0.15, 0.2) is 53.0 Å². The first-order chi connectivity index (χ1) is 10.3. The van der Waals surface area contributed by atoms with E-state index in [1.807, 2.05) is 13.1 Å². The van der Waals surface area contributed by atoms with Crippen molar-refractivity contribution in [2.75, 3.05) is 20.2 Å². The molecule has 0 aliphatic carbocycles. The fraction of sp³-hybridized carbons (Fsp3) is 0.333. The molecule has 1 aliphatic rings. The summed E-state index contributed by atoms with van der Waals surface area (Å²) >= 11 is 3.51. The molecule has 2 aromatic carbocycles. The van der Waals surface area contributed by atoms with Crippen molar-refractivity contribution in [3.8, 4) is 5.75 Å². The Hall–Kier alpha value is -1.32. The second-order valence-corrected chi connectivity index (χ2v) is 6.50. The van der Waals surface area contributed by atoms with E-state index in [0.29, 0.717) is 11.8 Å². The molecule has 3 rings (SSSR count). The zero-order chi connectivity index (χ0) is 14.7. The van der Waals surface area contributed by atoms with E-state index < -0.39 is 0 Å². The first-order valence-corrected chi connectivity index (χ1v) is 8.19. The van der Waals surface area contributed by atoms with E-state index in [9.17, 15) is 0 Å². The first-order valence-electron chi connectivity index (χ1n) is 7.39. The molecule has 2 unspecified atom stereocenters. The van der Waals surface area contributed by atoms with Gasteiger partial charge in [-0.15, -0.1) is 0 Å². The van der Waals surface area contributed by atoms with Gasteiger partial charge in [0.05, 0.1) is 6.61 Å². The second kappa shape index (κ2) is 6.63. The fourth-order valence-corrected chi connectivity index (χ4v) is 3.35. The highest BCUT2D eigenvalue weighted by atomic mass is 79.9. The average molecular weight is 346 g/mol. The lowest BCUT2D eigenvalue weighted by Gasteiger charge is -2.20. The molecular formula is C18H20BrNO. The monoisotopic (exact) mass is 345 g/mol. The number of para-hydroxylation sites is 1. The number of ether oxygens (including phenoxy) is 1. The summed E-state index contributed by atoms with van der Waals surface area (Å²) in [4.78, 5) is 0. The van der Waals surface area contributed by atoms with E-state index in [1.165, 1.54) is 11.1 Å². The lowest BCUT2D eigenvalue weighted by molar-refractivity contribution is 0.317. The molecule has 3 heteroatoms. The zero-order valence-electron chi connectivity index (χ0n) is 12.2. The third-order valence-corrected chi connectivity index (χ3v) is 4.69. The predicted octanol–water partition coefficient (Wildman–Crippen LogP) is 4.32. The van der Waals surface area contributed by atoms with Crippen molar-refractivity contribution in [2.45, 2.75) is 18.3 Å². The number of likely N-dealkylation sites (N-methyl/N-ethyl adjacent to an activating group) is 1. The normalized spacial score (nSPS) is 18.1. The van der Waals surface area contributed by atoms with Crippen LogP contribution in [0.4, 0.5) is 0 Å². The van der Waals surface area contributed by atoms with Gasteiger partial charge in [-0.05, 0) is 43.1 Å². The lowest BCUT2D eigenvalue weighted by atomic mass is 9.86. The average Bonchev–Trinajstić information content (AvgIpc) is 2.91. The van der Waals surface area contributed by atoms with Crippen LogP contribution in [0.3, 0.4) is 0 Å². The maximum Gasteiger partial charge on any atom is 0.122 e. The van der Waals surface area contributed by atoms with Crippen LogP contribution in [0.25, 0.3) is 0 Å². The van der Waals surface area contributed by atoms with Crippen LogP contribution >= 0.6 is 15.9 Å². The van der Waals surface area contributed by atoms with Crippen molar-refractivity contribution in [1.29, 1.82) is 0 Å². The van der Waals surface area contributed by atoms with Gasteiger partial charge in [-0.1, -0.05) is 46.3 Å². The summed E-state index contributed by atoms with van der Waals surface area (Å²) in [6.07, 6.45) is 1.11. The van der Waals surface area contributed by atoms with Crippen molar-refractivity contribution in [1.82, 2.24) is 5.32 Å². The Labute approximate surface area is 134 Å². The van der Waals surface area contributed by atoms with Crippen LogP contribution in [0.2, 0.25) is 0 Å². The summed E-state index contributed by atoms with van der Waals surface area (Å²) in [5.74, 6) is 2.05. The number of nitrogens with one attached hydrogen (secondary N) is 1. The number of benzene rings is 2. The number of hydrogen-bond donors (Lipinski definition) is 1. The predicted molar refractivity (Wildman–Crippen MR) is 90.1 cm³/mol. The van der Waals surface area contributed by atoms with Crippen LogP contribution in [0.1, 0.15) is 29.4 Å².